The number of hydrogen-bond acceptors (Lipinski definition) is 4. The van der Waals surface area contributed by atoms with Gasteiger partial charge >= 0.3 is 6.03 Å². The lowest BCUT2D eigenvalue weighted by molar-refractivity contribution is 0.174. The maximum Gasteiger partial charge on any atom is 0.321 e. The van der Waals surface area contributed by atoms with Crippen LogP contribution in [0.4, 0.5) is 14.9 Å². The molecule has 2 aromatic rings. The first-order valence-electron chi connectivity index (χ1n) is 9.23. The summed E-state index contributed by atoms with van der Waals surface area (Å²) in [6, 6.07) is 10.1. The Kier molecular flexibility index (Phi) is 6.09. The summed E-state index contributed by atoms with van der Waals surface area (Å²) in [6.07, 6.45) is 2.30. The van der Waals surface area contributed by atoms with Gasteiger partial charge in [0.05, 0.1) is 6.26 Å². The molecule has 0 saturated carbocycles. The van der Waals surface area contributed by atoms with Gasteiger partial charge in [0.2, 0.25) is 10.0 Å². The number of sulfonamides is 1. The second-order valence-electron chi connectivity index (χ2n) is 7.18. The number of anilines is 1. The van der Waals surface area contributed by atoms with E-state index in [2.05, 4.69) is 5.32 Å². The molecule has 0 aromatic heterocycles. The van der Waals surface area contributed by atoms with Gasteiger partial charge in [-0.1, -0.05) is 12.1 Å². The molecule has 29 heavy (non-hydrogen) atoms. The summed E-state index contributed by atoms with van der Waals surface area (Å²) in [5.74, 6) is -0.472. The first-order valence-corrected chi connectivity index (χ1v) is 11.1. The van der Waals surface area contributed by atoms with Crippen LogP contribution in [0.5, 0.6) is 5.75 Å². The van der Waals surface area contributed by atoms with E-state index in [9.17, 15) is 22.7 Å². The molecule has 1 saturated heterocycles. The van der Waals surface area contributed by atoms with E-state index in [0.29, 0.717) is 42.7 Å². The first-order chi connectivity index (χ1) is 13.6. The zero-order valence-corrected chi connectivity index (χ0v) is 17.1. The highest BCUT2D eigenvalue weighted by Gasteiger charge is 2.29. The largest absolute Gasteiger partial charge is 0.507 e. The van der Waals surface area contributed by atoms with Gasteiger partial charge in [0.25, 0.3) is 0 Å². The molecule has 0 unspecified atom stereocenters. The summed E-state index contributed by atoms with van der Waals surface area (Å²) in [7, 11) is -1.55. The van der Waals surface area contributed by atoms with Crippen molar-refractivity contribution >= 4 is 21.7 Å². The van der Waals surface area contributed by atoms with Gasteiger partial charge in [-0.3, -0.25) is 0 Å². The fourth-order valence-electron chi connectivity index (χ4n) is 3.45. The second kappa shape index (κ2) is 8.38. The number of nitrogens with zero attached hydrogens (tertiary/aromatic N) is 2. The number of aromatic hydroxyl groups is 1. The number of carbonyl (C=O) groups is 1. The molecule has 0 bridgehead atoms. The number of amides is 2. The van der Waals surface area contributed by atoms with Gasteiger partial charge in [-0.05, 0) is 42.7 Å². The zero-order valence-electron chi connectivity index (χ0n) is 16.3. The number of rotatable bonds is 4. The second-order valence-corrected chi connectivity index (χ2v) is 9.16. The maximum atomic E-state index is 13.4. The van der Waals surface area contributed by atoms with Gasteiger partial charge in [0, 0.05) is 43.5 Å². The van der Waals surface area contributed by atoms with E-state index in [4.69, 9.17) is 0 Å². The highest BCUT2D eigenvalue weighted by molar-refractivity contribution is 7.88. The molecule has 0 atom stereocenters. The van der Waals surface area contributed by atoms with Gasteiger partial charge in [-0.25, -0.2) is 21.9 Å². The van der Waals surface area contributed by atoms with Crippen LogP contribution < -0.4 is 5.32 Å². The van der Waals surface area contributed by atoms with Crippen molar-refractivity contribution in [3.63, 3.8) is 0 Å². The average Bonchev–Trinajstić information content (AvgIpc) is 2.67. The topological polar surface area (TPSA) is 90.0 Å². The quantitative estimate of drug-likeness (QED) is 0.794. The smallest absolute Gasteiger partial charge is 0.321 e. The first kappa shape index (κ1) is 21.1. The molecule has 7 nitrogen and oxygen atoms in total. The molecule has 1 aliphatic heterocycles. The average molecular weight is 421 g/mol. The Morgan fingerprint density at radius 2 is 1.90 bits per heavy atom. The number of piperidine rings is 1. The number of urea groups is 1. The van der Waals surface area contributed by atoms with Crippen molar-refractivity contribution in [2.24, 2.45) is 0 Å². The van der Waals surface area contributed by atoms with Crippen LogP contribution in [-0.4, -0.2) is 61.2 Å². The lowest BCUT2D eigenvalue weighted by Crippen LogP contribution is -2.48. The predicted octanol–water partition coefficient (Wildman–Crippen LogP) is 3.09. The summed E-state index contributed by atoms with van der Waals surface area (Å²) in [5.41, 5.74) is 1.41. The maximum absolute atomic E-state index is 13.4. The molecule has 2 amide bonds. The van der Waals surface area contributed by atoms with Crippen LogP contribution in [0, 0.1) is 5.82 Å². The molecular formula is C20H24FN3O4S. The minimum Gasteiger partial charge on any atom is -0.507 e. The van der Waals surface area contributed by atoms with Crippen LogP contribution in [0.15, 0.2) is 42.5 Å². The number of halogens is 1. The van der Waals surface area contributed by atoms with Crippen molar-refractivity contribution in [3.8, 4) is 16.9 Å². The van der Waals surface area contributed by atoms with E-state index in [1.807, 2.05) is 0 Å². The van der Waals surface area contributed by atoms with Crippen LogP contribution in [0.1, 0.15) is 12.8 Å². The number of phenolic OH excluding ortho intramolecular Hbond substituents is 1. The Labute approximate surface area is 169 Å². The number of nitrogens with one attached hydrogen (secondary N) is 1. The standard InChI is InChI=1S/C20H24FN3O4S/c1-23(17-8-10-24(11-9-17)29(2,27)28)20(26)22-16-6-7-18(19(25)13-16)14-4-3-5-15(21)12-14/h3-7,12-13,17,25H,8-11H2,1-2H3,(H,22,26). The molecule has 0 aliphatic carbocycles. The lowest BCUT2D eigenvalue weighted by Gasteiger charge is -2.35. The highest BCUT2D eigenvalue weighted by Crippen LogP contribution is 2.32. The lowest BCUT2D eigenvalue weighted by atomic mass is 10.0. The third kappa shape index (κ3) is 5.04. The molecule has 1 aliphatic rings. The minimum atomic E-state index is -3.22. The summed E-state index contributed by atoms with van der Waals surface area (Å²) in [5, 5.41) is 13.0. The molecule has 9 heteroatoms. The van der Waals surface area contributed by atoms with Crippen molar-refractivity contribution < 1.29 is 22.7 Å². The van der Waals surface area contributed by atoms with Crippen molar-refractivity contribution in [2.75, 3.05) is 31.7 Å². The molecule has 2 N–H and O–H groups in total. The Morgan fingerprint density at radius 3 is 2.48 bits per heavy atom. The van der Waals surface area contributed by atoms with Crippen LogP contribution >= 0.6 is 0 Å². The van der Waals surface area contributed by atoms with Gasteiger partial charge in [-0.15, -0.1) is 0 Å². The molecule has 0 spiro atoms. The van der Waals surface area contributed by atoms with Gasteiger partial charge < -0.3 is 15.3 Å². The van der Waals surface area contributed by atoms with Gasteiger partial charge in [0.15, 0.2) is 0 Å². The Morgan fingerprint density at radius 1 is 1.21 bits per heavy atom. The fraction of sp³-hybridized carbons (Fsp3) is 0.350. The van der Waals surface area contributed by atoms with Crippen molar-refractivity contribution in [1.82, 2.24) is 9.21 Å². The van der Waals surface area contributed by atoms with Gasteiger partial charge in [-0.2, -0.15) is 0 Å². The number of carbonyl (C=O) groups excluding carboxylic acids is 1. The molecule has 1 heterocycles. The zero-order chi connectivity index (χ0) is 21.2. The van der Waals surface area contributed by atoms with E-state index >= 15 is 0 Å². The number of benzene rings is 2. The van der Waals surface area contributed by atoms with Crippen molar-refractivity contribution in [2.45, 2.75) is 18.9 Å². The van der Waals surface area contributed by atoms with Gasteiger partial charge in [0.1, 0.15) is 11.6 Å². The molecule has 0 radical (unpaired) electrons. The summed E-state index contributed by atoms with van der Waals surface area (Å²) in [6.45, 7) is 0.758. The third-order valence-electron chi connectivity index (χ3n) is 5.15. The van der Waals surface area contributed by atoms with E-state index in [1.54, 1.807) is 36.2 Å². The van der Waals surface area contributed by atoms with Crippen LogP contribution in [-0.2, 0) is 10.0 Å². The minimum absolute atomic E-state index is 0.0717. The molecule has 2 aromatic carbocycles. The van der Waals surface area contributed by atoms with Crippen molar-refractivity contribution in [3.05, 3.63) is 48.3 Å². The fourth-order valence-corrected chi connectivity index (χ4v) is 4.32. The number of hydrogen-bond donors (Lipinski definition) is 2. The molecule has 3 rings (SSSR count). The summed E-state index contributed by atoms with van der Waals surface area (Å²) in [4.78, 5) is 14.1. The molecule has 156 valence electrons. The van der Waals surface area contributed by atoms with Crippen LogP contribution in [0.25, 0.3) is 11.1 Å². The van der Waals surface area contributed by atoms with E-state index in [1.165, 1.54) is 28.8 Å². The summed E-state index contributed by atoms with van der Waals surface area (Å²) >= 11 is 0. The van der Waals surface area contributed by atoms with Crippen LogP contribution in [0.3, 0.4) is 0 Å². The van der Waals surface area contributed by atoms with Crippen molar-refractivity contribution in [1.29, 1.82) is 0 Å². The summed E-state index contributed by atoms with van der Waals surface area (Å²) < 4.78 is 38.0. The predicted molar refractivity (Wildman–Crippen MR) is 110 cm³/mol. The Balaban J connectivity index is 1.64. The highest BCUT2D eigenvalue weighted by atomic mass is 32.2. The van der Waals surface area contributed by atoms with E-state index in [-0.39, 0.29) is 17.8 Å². The third-order valence-corrected chi connectivity index (χ3v) is 6.45. The Bertz CT molecular complexity index is 1000. The number of phenols is 1. The monoisotopic (exact) mass is 421 g/mol. The van der Waals surface area contributed by atoms with E-state index < -0.39 is 15.8 Å². The molecular weight excluding hydrogens is 397 g/mol. The Hall–Kier alpha value is -2.65. The SMILES string of the molecule is CN(C(=O)Nc1ccc(-c2cccc(F)c2)c(O)c1)C1CCN(S(C)(=O)=O)CC1. The van der Waals surface area contributed by atoms with Crippen LogP contribution in [0.2, 0.25) is 0 Å². The normalized spacial score (nSPS) is 15.8. The molecule has 1 fully saturated rings. The van der Waals surface area contributed by atoms with E-state index in [0.717, 1.165) is 0 Å².